The lowest BCUT2D eigenvalue weighted by Gasteiger charge is -2.26. The molecule has 1 fully saturated rings. The summed E-state index contributed by atoms with van der Waals surface area (Å²) in [4.78, 5) is 37.7. The molecule has 198 valence electrons. The molecular formula is C28H34N2O7. The number of fused-ring (bicyclic) bond motifs is 3. The lowest BCUT2D eigenvalue weighted by atomic mass is 9.98. The first kappa shape index (κ1) is 26.5. The van der Waals surface area contributed by atoms with Gasteiger partial charge >= 0.3 is 18.2 Å². The summed E-state index contributed by atoms with van der Waals surface area (Å²) in [5.74, 6) is -1.54. The number of benzene rings is 2. The third-order valence-electron chi connectivity index (χ3n) is 6.64. The Morgan fingerprint density at radius 3 is 2.08 bits per heavy atom. The van der Waals surface area contributed by atoms with Gasteiger partial charge in [0.1, 0.15) is 12.2 Å². The largest absolute Gasteiger partial charge is 0.466 e. The van der Waals surface area contributed by atoms with E-state index in [1.54, 1.807) is 27.7 Å². The van der Waals surface area contributed by atoms with Crippen LogP contribution in [0.15, 0.2) is 48.5 Å². The van der Waals surface area contributed by atoms with Gasteiger partial charge in [-0.25, -0.2) is 9.59 Å². The van der Waals surface area contributed by atoms with E-state index in [9.17, 15) is 19.5 Å². The summed E-state index contributed by atoms with van der Waals surface area (Å²) in [6, 6.07) is 14.2. The van der Waals surface area contributed by atoms with Gasteiger partial charge in [0.25, 0.3) is 0 Å². The second-order valence-electron chi connectivity index (χ2n) is 10.3. The molecular weight excluding hydrogens is 476 g/mol. The zero-order valence-corrected chi connectivity index (χ0v) is 21.5. The zero-order valence-electron chi connectivity index (χ0n) is 21.5. The minimum absolute atomic E-state index is 0.0741. The smallest absolute Gasteiger partial charge is 0.407 e. The normalized spacial score (nSPS) is 22.5. The first-order valence-electron chi connectivity index (χ1n) is 12.5. The van der Waals surface area contributed by atoms with Gasteiger partial charge in [0.15, 0.2) is 0 Å². The Balaban J connectivity index is 1.41. The fourth-order valence-electron chi connectivity index (χ4n) is 5.11. The van der Waals surface area contributed by atoms with E-state index in [1.165, 1.54) is 0 Å². The van der Waals surface area contributed by atoms with Gasteiger partial charge in [0, 0.05) is 5.92 Å². The Labute approximate surface area is 216 Å². The van der Waals surface area contributed by atoms with Crippen molar-refractivity contribution in [1.82, 2.24) is 10.6 Å². The average molecular weight is 511 g/mol. The Hall–Kier alpha value is -3.59. The van der Waals surface area contributed by atoms with Gasteiger partial charge in [-0.1, -0.05) is 48.5 Å². The number of amides is 2. The van der Waals surface area contributed by atoms with Crippen LogP contribution in [-0.4, -0.2) is 60.3 Å². The maximum atomic E-state index is 12.8. The van der Waals surface area contributed by atoms with Gasteiger partial charge in [-0.05, 0) is 56.4 Å². The molecule has 0 radical (unpaired) electrons. The zero-order chi connectivity index (χ0) is 26.7. The van der Waals surface area contributed by atoms with Crippen molar-refractivity contribution in [3.63, 3.8) is 0 Å². The number of rotatable bonds is 6. The van der Waals surface area contributed by atoms with Crippen molar-refractivity contribution >= 4 is 18.2 Å². The van der Waals surface area contributed by atoms with Crippen LogP contribution in [0.25, 0.3) is 11.1 Å². The van der Waals surface area contributed by atoms with Crippen LogP contribution in [-0.2, 0) is 19.0 Å². The van der Waals surface area contributed by atoms with Crippen molar-refractivity contribution < 1.29 is 33.7 Å². The molecule has 0 heterocycles. The molecule has 4 atom stereocenters. The lowest BCUT2D eigenvalue weighted by Crippen LogP contribution is -2.51. The lowest BCUT2D eigenvalue weighted by molar-refractivity contribution is -0.148. The van der Waals surface area contributed by atoms with Crippen LogP contribution in [0.4, 0.5) is 9.59 Å². The average Bonchev–Trinajstić information content (AvgIpc) is 3.32. The van der Waals surface area contributed by atoms with Gasteiger partial charge < -0.3 is 30.0 Å². The van der Waals surface area contributed by atoms with E-state index in [4.69, 9.17) is 14.2 Å². The Morgan fingerprint density at radius 1 is 0.919 bits per heavy atom. The molecule has 2 aliphatic carbocycles. The Bertz CT molecular complexity index is 1110. The Morgan fingerprint density at radius 2 is 1.51 bits per heavy atom. The van der Waals surface area contributed by atoms with Crippen molar-refractivity contribution in [3.8, 4) is 11.1 Å². The van der Waals surface area contributed by atoms with Crippen LogP contribution in [0.3, 0.4) is 0 Å². The van der Waals surface area contributed by atoms with Crippen molar-refractivity contribution in [2.24, 2.45) is 5.92 Å². The summed E-state index contributed by atoms with van der Waals surface area (Å²) in [5, 5.41) is 16.2. The van der Waals surface area contributed by atoms with E-state index >= 15 is 0 Å². The number of esters is 1. The highest BCUT2D eigenvalue weighted by molar-refractivity contribution is 5.79. The monoisotopic (exact) mass is 510 g/mol. The number of nitrogens with one attached hydrogen (secondary N) is 2. The van der Waals surface area contributed by atoms with Gasteiger partial charge in [-0.3, -0.25) is 4.79 Å². The standard InChI is InChI=1S/C28H34N2O7/c1-5-35-25(32)20-14-22(24(31)23(20)30-27(34)37-28(2,3)4)29-26(33)36-15-21-18-12-8-6-10-16(18)17-11-7-9-13-19(17)21/h6-13,20-24,31H,5,14-15H2,1-4H3,(H,29,33)(H,30,34)/t20-,22+,23+,24-/m0/s1. The molecule has 0 unspecified atom stereocenters. The molecule has 0 saturated heterocycles. The third-order valence-corrected chi connectivity index (χ3v) is 6.64. The number of ether oxygens (including phenoxy) is 3. The molecule has 2 aromatic carbocycles. The predicted molar refractivity (Wildman–Crippen MR) is 136 cm³/mol. The minimum atomic E-state index is -1.25. The van der Waals surface area contributed by atoms with Crippen LogP contribution >= 0.6 is 0 Å². The molecule has 9 nitrogen and oxygen atoms in total. The first-order chi connectivity index (χ1) is 17.6. The van der Waals surface area contributed by atoms with Crippen molar-refractivity contribution in [1.29, 1.82) is 0 Å². The second kappa shape index (κ2) is 10.8. The van der Waals surface area contributed by atoms with E-state index in [-0.39, 0.29) is 25.6 Å². The molecule has 3 N–H and O–H groups in total. The van der Waals surface area contributed by atoms with Gasteiger partial charge in [0.05, 0.1) is 30.7 Å². The van der Waals surface area contributed by atoms with Gasteiger partial charge in [-0.2, -0.15) is 0 Å². The topological polar surface area (TPSA) is 123 Å². The first-order valence-corrected chi connectivity index (χ1v) is 12.5. The van der Waals surface area contributed by atoms with Gasteiger partial charge in [-0.15, -0.1) is 0 Å². The number of hydrogen-bond acceptors (Lipinski definition) is 7. The molecule has 0 aromatic heterocycles. The summed E-state index contributed by atoms with van der Waals surface area (Å²) < 4.78 is 16.0. The molecule has 0 bridgehead atoms. The molecule has 0 aliphatic heterocycles. The highest BCUT2D eigenvalue weighted by Gasteiger charge is 2.48. The molecule has 4 rings (SSSR count). The number of carbonyl (C=O) groups excluding carboxylic acids is 3. The summed E-state index contributed by atoms with van der Waals surface area (Å²) in [6.07, 6.45) is -2.66. The van der Waals surface area contributed by atoms with Crippen molar-refractivity contribution in [2.45, 2.75) is 63.8 Å². The summed E-state index contributed by atoms with van der Waals surface area (Å²) in [5.41, 5.74) is 3.65. The highest BCUT2D eigenvalue weighted by Crippen LogP contribution is 2.44. The fraction of sp³-hybridized carbons (Fsp3) is 0.464. The maximum absolute atomic E-state index is 12.8. The molecule has 2 aliphatic rings. The molecule has 1 saturated carbocycles. The molecule has 37 heavy (non-hydrogen) atoms. The third kappa shape index (κ3) is 5.88. The van der Waals surface area contributed by atoms with Crippen LogP contribution in [0.2, 0.25) is 0 Å². The molecule has 2 amide bonds. The van der Waals surface area contributed by atoms with Crippen LogP contribution < -0.4 is 10.6 Å². The van der Waals surface area contributed by atoms with E-state index in [0.717, 1.165) is 22.3 Å². The summed E-state index contributed by atoms with van der Waals surface area (Å²) >= 11 is 0. The second-order valence-corrected chi connectivity index (χ2v) is 10.3. The highest BCUT2D eigenvalue weighted by atomic mass is 16.6. The number of hydrogen-bond donors (Lipinski definition) is 3. The number of carbonyl (C=O) groups is 3. The molecule has 9 heteroatoms. The van der Waals surface area contributed by atoms with E-state index < -0.39 is 47.9 Å². The molecule has 2 aromatic rings. The SMILES string of the molecule is CCOC(=O)[C@H]1C[C@@H](NC(=O)OCC2c3ccccc3-c3ccccc32)[C@H](O)[C@@H]1NC(=O)OC(C)(C)C. The maximum Gasteiger partial charge on any atom is 0.407 e. The minimum Gasteiger partial charge on any atom is -0.466 e. The fourth-order valence-corrected chi connectivity index (χ4v) is 5.11. The number of alkyl carbamates (subject to hydrolysis) is 2. The van der Waals surface area contributed by atoms with Crippen molar-refractivity contribution in [2.75, 3.05) is 13.2 Å². The summed E-state index contributed by atoms with van der Waals surface area (Å²) in [7, 11) is 0. The van der Waals surface area contributed by atoms with Crippen LogP contribution in [0.5, 0.6) is 0 Å². The Kier molecular flexibility index (Phi) is 7.73. The van der Waals surface area contributed by atoms with E-state index in [2.05, 4.69) is 22.8 Å². The van der Waals surface area contributed by atoms with E-state index in [0.29, 0.717) is 0 Å². The summed E-state index contributed by atoms with van der Waals surface area (Å²) in [6.45, 7) is 7.07. The predicted octanol–water partition coefficient (Wildman–Crippen LogP) is 3.73. The van der Waals surface area contributed by atoms with Crippen LogP contribution in [0.1, 0.15) is 51.2 Å². The van der Waals surface area contributed by atoms with Gasteiger partial charge in [0.2, 0.25) is 0 Å². The quantitative estimate of drug-likeness (QED) is 0.400. The number of aliphatic hydroxyl groups is 1. The van der Waals surface area contributed by atoms with Crippen molar-refractivity contribution in [3.05, 3.63) is 59.7 Å². The van der Waals surface area contributed by atoms with E-state index in [1.807, 2.05) is 36.4 Å². The number of aliphatic hydroxyl groups excluding tert-OH is 1. The molecule has 0 spiro atoms. The van der Waals surface area contributed by atoms with Crippen LogP contribution in [0, 0.1) is 5.92 Å².